The van der Waals surface area contributed by atoms with Crippen LogP contribution in [-0.2, 0) is 0 Å². The molecule has 2 aromatic rings. The highest BCUT2D eigenvalue weighted by Gasteiger charge is 2.07. The van der Waals surface area contributed by atoms with Crippen LogP contribution in [-0.4, -0.2) is 17.9 Å². The number of hydrazone groups is 1. The second-order valence-electron chi connectivity index (χ2n) is 4.55. The first-order valence-corrected chi connectivity index (χ1v) is 7.84. The molecule has 0 saturated heterocycles. The number of halogens is 1. The third-order valence-electron chi connectivity index (χ3n) is 2.78. The first kappa shape index (κ1) is 16.5. The van der Waals surface area contributed by atoms with Crippen molar-refractivity contribution in [3.63, 3.8) is 0 Å². The molecule has 0 aliphatic heterocycles. The lowest BCUT2D eigenvalue weighted by Gasteiger charge is -2.03. The van der Waals surface area contributed by atoms with Gasteiger partial charge in [0, 0.05) is 16.6 Å². The number of thiocarbonyl (C=S) groups is 1. The van der Waals surface area contributed by atoms with Crippen molar-refractivity contribution in [1.29, 1.82) is 0 Å². The van der Waals surface area contributed by atoms with Crippen LogP contribution >= 0.6 is 28.1 Å². The number of hydrogen-bond donors (Lipinski definition) is 2. The average Bonchev–Trinajstić information content (AvgIpc) is 2.93. The number of furan rings is 1. The van der Waals surface area contributed by atoms with Crippen molar-refractivity contribution in [2.24, 2.45) is 5.10 Å². The van der Waals surface area contributed by atoms with Gasteiger partial charge in [0.25, 0.3) is 0 Å². The SMILES string of the molecule is C=CCNC(=S)N/N=C\c1ccc(-c2ccc(C)cc2Br)o1. The van der Waals surface area contributed by atoms with Crippen molar-refractivity contribution < 1.29 is 4.42 Å². The summed E-state index contributed by atoms with van der Waals surface area (Å²) < 4.78 is 6.75. The first-order chi connectivity index (χ1) is 10.6. The molecule has 2 rings (SSSR count). The summed E-state index contributed by atoms with van der Waals surface area (Å²) in [5.41, 5.74) is 4.90. The van der Waals surface area contributed by atoms with E-state index < -0.39 is 0 Å². The quantitative estimate of drug-likeness (QED) is 0.357. The van der Waals surface area contributed by atoms with Gasteiger partial charge < -0.3 is 9.73 Å². The van der Waals surface area contributed by atoms with Crippen LogP contribution in [0.1, 0.15) is 11.3 Å². The van der Waals surface area contributed by atoms with E-state index in [-0.39, 0.29) is 0 Å². The van der Waals surface area contributed by atoms with E-state index in [1.165, 1.54) is 5.56 Å². The minimum absolute atomic E-state index is 0.434. The summed E-state index contributed by atoms with van der Waals surface area (Å²) in [6.07, 6.45) is 3.30. The Labute approximate surface area is 143 Å². The highest BCUT2D eigenvalue weighted by Crippen LogP contribution is 2.30. The standard InChI is InChI=1S/C16H16BrN3OS/c1-3-8-18-16(22)20-19-10-12-5-7-15(21-12)13-6-4-11(2)9-14(13)17/h3-7,9-10H,1,8H2,2H3,(H2,18,20,22)/b19-10-. The topological polar surface area (TPSA) is 49.6 Å². The molecule has 1 aromatic carbocycles. The Morgan fingerprint density at radius 3 is 2.95 bits per heavy atom. The van der Waals surface area contributed by atoms with Gasteiger partial charge in [0.1, 0.15) is 11.5 Å². The van der Waals surface area contributed by atoms with Gasteiger partial charge in [-0.2, -0.15) is 5.10 Å². The maximum atomic E-state index is 5.75. The molecule has 22 heavy (non-hydrogen) atoms. The van der Waals surface area contributed by atoms with Gasteiger partial charge in [-0.1, -0.05) is 28.1 Å². The van der Waals surface area contributed by atoms with E-state index in [0.29, 0.717) is 17.4 Å². The summed E-state index contributed by atoms with van der Waals surface area (Å²) in [5, 5.41) is 7.37. The van der Waals surface area contributed by atoms with Gasteiger partial charge in [-0.15, -0.1) is 6.58 Å². The fourth-order valence-electron chi connectivity index (χ4n) is 1.75. The molecule has 0 saturated carbocycles. The first-order valence-electron chi connectivity index (χ1n) is 6.64. The monoisotopic (exact) mass is 377 g/mol. The molecule has 0 atom stereocenters. The summed E-state index contributed by atoms with van der Waals surface area (Å²) >= 11 is 8.57. The van der Waals surface area contributed by atoms with Crippen molar-refractivity contribution in [2.45, 2.75) is 6.92 Å². The van der Waals surface area contributed by atoms with Crippen molar-refractivity contribution >= 4 is 39.5 Å². The Kier molecular flexibility index (Phi) is 5.91. The van der Waals surface area contributed by atoms with Crippen LogP contribution in [0.3, 0.4) is 0 Å². The Hall–Kier alpha value is -1.92. The van der Waals surface area contributed by atoms with Crippen molar-refractivity contribution in [3.05, 3.63) is 58.8 Å². The zero-order valence-corrected chi connectivity index (χ0v) is 14.5. The Balaban J connectivity index is 2.02. The molecule has 4 nitrogen and oxygen atoms in total. The number of nitrogens with one attached hydrogen (secondary N) is 2. The number of benzene rings is 1. The molecule has 0 fully saturated rings. The normalized spacial score (nSPS) is 10.6. The Bertz CT molecular complexity index is 709. The van der Waals surface area contributed by atoms with Crippen molar-refractivity contribution in [1.82, 2.24) is 10.7 Å². The highest BCUT2D eigenvalue weighted by molar-refractivity contribution is 9.10. The van der Waals surface area contributed by atoms with Crippen LogP contribution in [0.2, 0.25) is 0 Å². The highest BCUT2D eigenvalue weighted by atomic mass is 79.9. The summed E-state index contributed by atoms with van der Waals surface area (Å²) in [6, 6.07) is 9.88. The Morgan fingerprint density at radius 2 is 2.23 bits per heavy atom. The lowest BCUT2D eigenvalue weighted by Crippen LogP contribution is -2.31. The molecule has 1 aromatic heterocycles. The molecule has 0 bridgehead atoms. The fraction of sp³-hybridized carbons (Fsp3) is 0.125. The van der Waals surface area contributed by atoms with Crippen LogP contribution in [0, 0.1) is 6.92 Å². The molecule has 2 N–H and O–H groups in total. The molecular formula is C16H16BrN3OS. The lowest BCUT2D eigenvalue weighted by atomic mass is 10.1. The van der Waals surface area contributed by atoms with Crippen LogP contribution in [0.15, 0.2) is 57.0 Å². The summed E-state index contributed by atoms with van der Waals surface area (Å²) in [7, 11) is 0. The third kappa shape index (κ3) is 4.54. The van der Waals surface area contributed by atoms with Gasteiger partial charge in [-0.05, 0) is 49.0 Å². The van der Waals surface area contributed by atoms with Crippen LogP contribution in [0.5, 0.6) is 0 Å². The predicted molar refractivity (Wildman–Crippen MR) is 98.1 cm³/mol. The van der Waals surface area contributed by atoms with E-state index in [4.69, 9.17) is 16.6 Å². The molecule has 0 radical (unpaired) electrons. The summed E-state index contributed by atoms with van der Waals surface area (Å²) in [5.74, 6) is 1.42. The minimum Gasteiger partial charge on any atom is -0.455 e. The average molecular weight is 378 g/mol. The predicted octanol–water partition coefficient (Wildman–Crippen LogP) is 4.00. The van der Waals surface area contributed by atoms with Crippen molar-refractivity contribution in [3.8, 4) is 11.3 Å². The van der Waals surface area contributed by atoms with E-state index >= 15 is 0 Å². The minimum atomic E-state index is 0.434. The van der Waals surface area contributed by atoms with Crippen molar-refractivity contribution in [2.75, 3.05) is 6.54 Å². The van der Waals surface area contributed by atoms with Gasteiger partial charge in [0.05, 0.1) is 6.21 Å². The smallest absolute Gasteiger partial charge is 0.187 e. The van der Waals surface area contributed by atoms with E-state index in [0.717, 1.165) is 15.8 Å². The number of rotatable bonds is 5. The van der Waals surface area contributed by atoms with Gasteiger partial charge >= 0.3 is 0 Å². The summed E-state index contributed by atoms with van der Waals surface area (Å²) in [6.45, 7) is 6.23. The third-order valence-corrected chi connectivity index (χ3v) is 3.67. The van der Waals surface area contributed by atoms with Gasteiger partial charge in [0.2, 0.25) is 0 Å². The van der Waals surface area contributed by atoms with Crippen LogP contribution in [0.25, 0.3) is 11.3 Å². The molecule has 0 aliphatic rings. The van der Waals surface area contributed by atoms with Gasteiger partial charge in [-0.25, -0.2) is 0 Å². The number of aryl methyl sites for hydroxylation is 1. The molecule has 114 valence electrons. The van der Waals surface area contributed by atoms with Gasteiger partial charge in [0.15, 0.2) is 5.11 Å². The maximum absolute atomic E-state index is 5.75. The largest absolute Gasteiger partial charge is 0.455 e. The van der Waals surface area contributed by atoms with Crippen LogP contribution in [0.4, 0.5) is 0 Å². The fourth-order valence-corrected chi connectivity index (χ4v) is 2.57. The molecule has 6 heteroatoms. The zero-order valence-electron chi connectivity index (χ0n) is 12.1. The molecule has 0 spiro atoms. The molecule has 0 amide bonds. The number of hydrogen-bond acceptors (Lipinski definition) is 3. The molecule has 0 unspecified atom stereocenters. The second kappa shape index (κ2) is 7.91. The summed E-state index contributed by atoms with van der Waals surface area (Å²) in [4.78, 5) is 0. The second-order valence-corrected chi connectivity index (χ2v) is 5.82. The van der Waals surface area contributed by atoms with Gasteiger partial charge in [-0.3, -0.25) is 5.43 Å². The zero-order chi connectivity index (χ0) is 15.9. The Morgan fingerprint density at radius 1 is 1.41 bits per heavy atom. The maximum Gasteiger partial charge on any atom is 0.187 e. The lowest BCUT2D eigenvalue weighted by molar-refractivity contribution is 0.574. The van der Waals surface area contributed by atoms with E-state index in [9.17, 15) is 0 Å². The molecule has 1 heterocycles. The van der Waals surface area contributed by atoms with E-state index in [1.54, 1.807) is 12.3 Å². The van der Waals surface area contributed by atoms with Crippen LogP contribution < -0.4 is 10.7 Å². The number of nitrogens with zero attached hydrogens (tertiary/aromatic N) is 1. The molecule has 0 aliphatic carbocycles. The molecular weight excluding hydrogens is 362 g/mol. The van der Waals surface area contributed by atoms with E-state index in [1.807, 2.05) is 31.2 Å². The van der Waals surface area contributed by atoms with E-state index in [2.05, 4.69) is 44.4 Å².